The van der Waals surface area contributed by atoms with E-state index in [2.05, 4.69) is 41.5 Å². The number of hydrogen-bond donors (Lipinski definition) is 1. The predicted molar refractivity (Wildman–Crippen MR) is 97.3 cm³/mol. The molecule has 132 valence electrons. The minimum atomic E-state index is -0.721. The van der Waals surface area contributed by atoms with Gasteiger partial charge in [-0.2, -0.15) is 5.26 Å². The van der Waals surface area contributed by atoms with E-state index in [1.807, 2.05) is 12.1 Å². The van der Waals surface area contributed by atoms with Crippen LogP contribution in [0.2, 0.25) is 0 Å². The number of aryl methyl sites for hydroxylation is 1. The third kappa shape index (κ3) is 3.54. The highest BCUT2D eigenvalue weighted by Crippen LogP contribution is 2.26. The molecule has 5 heteroatoms. The van der Waals surface area contributed by atoms with Crippen LogP contribution in [-0.2, 0) is 11.3 Å². The van der Waals surface area contributed by atoms with Crippen molar-refractivity contribution in [3.8, 4) is 6.07 Å². The Balaban J connectivity index is 1.76. The topological polar surface area (TPSA) is 69.3 Å². The summed E-state index contributed by atoms with van der Waals surface area (Å²) in [5.74, 6) is -1.17. The molecule has 1 fully saturated rings. The minimum absolute atomic E-state index is 0.151. The van der Waals surface area contributed by atoms with Crippen LogP contribution in [-0.4, -0.2) is 40.2 Å². The lowest BCUT2D eigenvalue weighted by Gasteiger charge is -2.32. The van der Waals surface area contributed by atoms with E-state index >= 15 is 0 Å². The number of nitrogens with zero attached hydrogens (tertiary/aromatic N) is 3. The van der Waals surface area contributed by atoms with Crippen molar-refractivity contribution in [2.45, 2.75) is 33.2 Å². The van der Waals surface area contributed by atoms with Gasteiger partial charge in [-0.15, -0.1) is 0 Å². The van der Waals surface area contributed by atoms with Crippen LogP contribution in [0.4, 0.5) is 0 Å². The molecule has 1 aliphatic heterocycles. The second kappa shape index (κ2) is 7.28. The van der Waals surface area contributed by atoms with Crippen LogP contribution >= 0.6 is 0 Å². The summed E-state index contributed by atoms with van der Waals surface area (Å²) < 4.78 is 2.23. The number of carbonyl (C=O) groups is 1. The summed E-state index contributed by atoms with van der Waals surface area (Å²) in [4.78, 5) is 13.4. The largest absolute Gasteiger partial charge is 0.481 e. The zero-order valence-electron chi connectivity index (χ0n) is 14.9. The monoisotopic (exact) mass is 339 g/mol. The predicted octanol–water partition coefficient (Wildman–Crippen LogP) is 3.19. The fourth-order valence-electron chi connectivity index (χ4n) is 3.93. The van der Waals surface area contributed by atoms with Crippen LogP contribution in [0, 0.1) is 37.0 Å². The quantitative estimate of drug-likeness (QED) is 0.908. The molecular weight excluding hydrogens is 314 g/mol. The van der Waals surface area contributed by atoms with Gasteiger partial charge in [-0.25, -0.2) is 0 Å². The molecule has 3 rings (SSSR count). The second-order valence-electron chi connectivity index (χ2n) is 7.10. The first-order valence-electron chi connectivity index (χ1n) is 8.90. The third-order valence-corrected chi connectivity index (χ3v) is 5.47. The van der Waals surface area contributed by atoms with Gasteiger partial charge in [-0.1, -0.05) is 18.2 Å². The summed E-state index contributed by atoms with van der Waals surface area (Å²) in [5.41, 5.74) is 3.62. The van der Waals surface area contributed by atoms with Crippen molar-refractivity contribution in [2.75, 3.05) is 19.6 Å². The number of rotatable bonds is 5. The molecule has 5 nitrogen and oxygen atoms in total. The first-order valence-corrected chi connectivity index (χ1v) is 8.90. The van der Waals surface area contributed by atoms with Crippen LogP contribution in [0.3, 0.4) is 0 Å². The van der Waals surface area contributed by atoms with Crippen molar-refractivity contribution in [3.05, 3.63) is 35.5 Å². The van der Waals surface area contributed by atoms with Crippen LogP contribution in [0.15, 0.2) is 24.3 Å². The van der Waals surface area contributed by atoms with E-state index in [1.165, 1.54) is 22.2 Å². The molecule has 0 bridgehead atoms. The first kappa shape index (κ1) is 17.5. The van der Waals surface area contributed by atoms with Gasteiger partial charge in [0, 0.05) is 36.2 Å². The summed E-state index contributed by atoms with van der Waals surface area (Å²) in [5, 5.41) is 20.1. The Morgan fingerprint density at radius 1 is 1.36 bits per heavy atom. The molecule has 0 saturated carbocycles. The number of aliphatic carboxylic acids is 1. The molecule has 1 aliphatic rings. The van der Waals surface area contributed by atoms with Gasteiger partial charge >= 0.3 is 5.97 Å². The fourth-order valence-corrected chi connectivity index (χ4v) is 3.93. The highest BCUT2D eigenvalue weighted by Gasteiger charge is 2.27. The fraction of sp³-hybridized carbons (Fsp3) is 0.500. The summed E-state index contributed by atoms with van der Waals surface area (Å²) in [6.45, 7) is 6.93. The van der Waals surface area contributed by atoms with Crippen LogP contribution in [0.5, 0.6) is 0 Å². The van der Waals surface area contributed by atoms with Crippen molar-refractivity contribution < 1.29 is 9.90 Å². The Kier molecular flexibility index (Phi) is 5.10. The van der Waals surface area contributed by atoms with Crippen LogP contribution in [0.1, 0.15) is 24.1 Å². The number of piperidine rings is 1. The molecule has 0 aliphatic carbocycles. The second-order valence-corrected chi connectivity index (χ2v) is 7.10. The van der Waals surface area contributed by atoms with Gasteiger partial charge < -0.3 is 14.6 Å². The molecule has 25 heavy (non-hydrogen) atoms. The SMILES string of the molecule is Cc1c(C)n(CC(C#N)CN2CCCC(C(=O)O)C2)c2ccccc12. The molecule has 2 unspecified atom stereocenters. The van der Waals surface area contributed by atoms with E-state index in [-0.39, 0.29) is 11.8 Å². The van der Waals surface area contributed by atoms with E-state index < -0.39 is 5.97 Å². The van der Waals surface area contributed by atoms with E-state index in [0.717, 1.165) is 19.4 Å². The number of carboxylic acids is 1. The number of carboxylic acid groups (broad SMARTS) is 1. The standard InChI is InChI=1S/C20H25N3O2/c1-14-15(2)23(19-8-4-3-7-18(14)19)12-16(10-21)11-22-9-5-6-17(13-22)20(24)25/h3-4,7-8,16-17H,5-6,9,11-13H2,1-2H3,(H,24,25). The van der Waals surface area contributed by atoms with Crippen LogP contribution < -0.4 is 0 Å². The summed E-state index contributed by atoms with van der Waals surface area (Å²) in [7, 11) is 0. The van der Waals surface area contributed by atoms with Crippen molar-refractivity contribution >= 4 is 16.9 Å². The average Bonchev–Trinajstić information content (AvgIpc) is 2.86. The minimum Gasteiger partial charge on any atom is -0.481 e. The first-order chi connectivity index (χ1) is 12.0. The lowest BCUT2D eigenvalue weighted by molar-refractivity contribution is -0.143. The molecule has 0 radical (unpaired) electrons. The molecule has 2 heterocycles. The highest BCUT2D eigenvalue weighted by atomic mass is 16.4. The van der Waals surface area contributed by atoms with E-state index in [1.54, 1.807) is 0 Å². The number of likely N-dealkylation sites (tertiary alicyclic amines) is 1. The Labute approximate surface area is 148 Å². The van der Waals surface area contributed by atoms with Crippen molar-refractivity contribution in [1.29, 1.82) is 5.26 Å². The summed E-state index contributed by atoms with van der Waals surface area (Å²) >= 11 is 0. The van der Waals surface area contributed by atoms with Crippen LogP contribution in [0.25, 0.3) is 10.9 Å². The zero-order chi connectivity index (χ0) is 18.0. The van der Waals surface area contributed by atoms with Gasteiger partial charge in [-0.3, -0.25) is 4.79 Å². The average molecular weight is 339 g/mol. The Bertz CT molecular complexity index is 818. The van der Waals surface area contributed by atoms with Gasteiger partial charge in [0.05, 0.1) is 17.9 Å². The molecule has 1 N–H and O–H groups in total. The highest BCUT2D eigenvalue weighted by molar-refractivity contribution is 5.85. The van der Waals surface area contributed by atoms with Gasteiger partial charge in [-0.05, 0) is 44.9 Å². The number of hydrogen-bond acceptors (Lipinski definition) is 3. The molecule has 0 amide bonds. The Morgan fingerprint density at radius 2 is 2.12 bits per heavy atom. The molecule has 0 spiro atoms. The zero-order valence-corrected chi connectivity index (χ0v) is 14.9. The van der Waals surface area contributed by atoms with E-state index in [4.69, 9.17) is 0 Å². The smallest absolute Gasteiger partial charge is 0.307 e. The number of fused-ring (bicyclic) bond motifs is 1. The van der Waals surface area contributed by atoms with Gasteiger partial charge in [0.1, 0.15) is 0 Å². The number of nitriles is 1. The van der Waals surface area contributed by atoms with E-state index in [9.17, 15) is 15.2 Å². The normalized spacial score (nSPS) is 19.6. The van der Waals surface area contributed by atoms with Gasteiger partial charge in [0.2, 0.25) is 0 Å². The number of aromatic nitrogens is 1. The Morgan fingerprint density at radius 3 is 2.84 bits per heavy atom. The molecule has 1 aromatic heterocycles. The van der Waals surface area contributed by atoms with Crippen molar-refractivity contribution in [1.82, 2.24) is 9.47 Å². The number of benzene rings is 1. The Hall–Kier alpha value is -2.32. The third-order valence-electron chi connectivity index (χ3n) is 5.47. The van der Waals surface area contributed by atoms with Gasteiger partial charge in [0.25, 0.3) is 0 Å². The maximum atomic E-state index is 11.2. The lowest BCUT2D eigenvalue weighted by atomic mass is 9.97. The molecule has 2 atom stereocenters. The van der Waals surface area contributed by atoms with Gasteiger partial charge in [0.15, 0.2) is 0 Å². The summed E-state index contributed by atoms with van der Waals surface area (Å²) in [6.07, 6.45) is 1.63. The molecule has 1 saturated heterocycles. The van der Waals surface area contributed by atoms with Crippen molar-refractivity contribution in [2.24, 2.45) is 11.8 Å². The van der Waals surface area contributed by atoms with E-state index in [0.29, 0.717) is 19.6 Å². The number of para-hydroxylation sites is 1. The maximum Gasteiger partial charge on any atom is 0.307 e. The maximum absolute atomic E-state index is 11.2. The lowest BCUT2D eigenvalue weighted by Crippen LogP contribution is -2.41. The molecule has 1 aromatic carbocycles. The molecule has 2 aromatic rings. The van der Waals surface area contributed by atoms with Crippen molar-refractivity contribution in [3.63, 3.8) is 0 Å². The molecular formula is C20H25N3O2. The summed E-state index contributed by atoms with van der Waals surface area (Å²) in [6, 6.07) is 10.7.